The van der Waals surface area contributed by atoms with Gasteiger partial charge < -0.3 is 9.47 Å². The minimum Gasteiger partial charge on any atom is -0.343 e. The van der Waals surface area contributed by atoms with Crippen molar-refractivity contribution >= 4 is 43.9 Å². The molecule has 0 radical (unpaired) electrons. The number of benzene rings is 1. The Balaban J connectivity index is 1.53. The number of pyridine rings is 1. The number of sulfone groups is 1. The van der Waals surface area contributed by atoms with Crippen molar-refractivity contribution in [1.29, 1.82) is 0 Å². The maximum atomic E-state index is 13.9. The Bertz CT molecular complexity index is 1330. The van der Waals surface area contributed by atoms with Gasteiger partial charge in [0.15, 0.2) is 0 Å². The van der Waals surface area contributed by atoms with Crippen LogP contribution in [0.3, 0.4) is 0 Å². The lowest BCUT2D eigenvalue weighted by molar-refractivity contribution is -0.124. The second kappa shape index (κ2) is 8.44. The van der Waals surface area contributed by atoms with E-state index in [9.17, 15) is 13.2 Å². The van der Waals surface area contributed by atoms with Crippen molar-refractivity contribution in [3.63, 3.8) is 0 Å². The highest BCUT2D eigenvalue weighted by atomic mass is 35.5. The second-order valence-electron chi connectivity index (χ2n) is 9.40. The summed E-state index contributed by atoms with van der Waals surface area (Å²) in [6.07, 6.45) is 10.4. The van der Waals surface area contributed by atoms with E-state index in [-0.39, 0.29) is 11.7 Å². The molecule has 0 atom stereocenters. The van der Waals surface area contributed by atoms with Gasteiger partial charge in [-0.15, -0.1) is 0 Å². The number of nitrogens with zero attached hydrogens (tertiary/aromatic N) is 3. The number of rotatable bonds is 6. The number of amides is 1. The molecule has 1 saturated carbocycles. The van der Waals surface area contributed by atoms with Crippen LogP contribution in [0.2, 0.25) is 5.02 Å². The molecular weight excluding hydrogens is 458 g/mol. The zero-order valence-electron chi connectivity index (χ0n) is 18.8. The van der Waals surface area contributed by atoms with Crippen molar-refractivity contribution in [1.82, 2.24) is 9.55 Å². The Labute approximate surface area is 199 Å². The van der Waals surface area contributed by atoms with Crippen LogP contribution in [0.15, 0.2) is 42.7 Å². The van der Waals surface area contributed by atoms with Gasteiger partial charge in [-0.1, -0.05) is 30.9 Å². The first-order valence-electron chi connectivity index (χ1n) is 11.5. The predicted octanol–water partition coefficient (Wildman–Crippen LogP) is 4.87. The number of aromatic nitrogens is 2. The van der Waals surface area contributed by atoms with E-state index in [1.54, 1.807) is 6.20 Å². The summed E-state index contributed by atoms with van der Waals surface area (Å²) in [6, 6.07) is 9.80. The van der Waals surface area contributed by atoms with Gasteiger partial charge in [0.05, 0.1) is 29.6 Å². The summed E-state index contributed by atoms with van der Waals surface area (Å²) in [5.41, 5.74) is 3.53. The second-order valence-corrected chi connectivity index (χ2v) is 12.1. The van der Waals surface area contributed by atoms with Crippen molar-refractivity contribution in [2.45, 2.75) is 57.0 Å². The molecule has 2 aliphatic rings. The molecule has 6 nitrogen and oxygen atoms in total. The third-order valence-electron chi connectivity index (χ3n) is 7.13. The summed E-state index contributed by atoms with van der Waals surface area (Å²) in [7, 11) is -3.05. The highest BCUT2D eigenvalue weighted by Gasteiger charge is 2.51. The number of halogens is 1. The standard InChI is InChI=1S/C25H28ClN3O3S/c1-33(31,32)13-5-12-28-20(15-18-14-19(26)6-7-22(18)28)17-29-23-16-27-11-8-21(23)25(24(29)30)9-3-2-4-10-25/h6-8,11,14-16H,2-5,9-10,12-13,17H2,1H3. The molecule has 1 fully saturated rings. The quantitative estimate of drug-likeness (QED) is 0.499. The van der Waals surface area contributed by atoms with Crippen LogP contribution in [0, 0.1) is 0 Å². The lowest BCUT2D eigenvalue weighted by Crippen LogP contribution is -2.41. The summed E-state index contributed by atoms with van der Waals surface area (Å²) in [5.74, 6) is 0.286. The highest BCUT2D eigenvalue weighted by molar-refractivity contribution is 7.90. The maximum absolute atomic E-state index is 13.9. The fourth-order valence-corrected chi connectivity index (χ4v) is 6.46. The lowest BCUT2D eigenvalue weighted by atomic mass is 9.70. The average Bonchev–Trinajstić information content (AvgIpc) is 3.22. The summed E-state index contributed by atoms with van der Waals surface area (Å²) >= 11 is 6.24. The van der Waals surface area contributed by atoms with Crippen LogP contribution in [0.4, 0.5) is 5.69 Å². The van der Waals surface area contributed by atoms with Gasteiger partial charge in [-0.25, -0.2) is 8.42 Å². The summed E-state index contributed by atoms with van der Waals surface area (Å²) in [6.45, 7) is 0.977. The normalized spacial score (nSPS) is 17.8. The minimum absolute atomic E-state index is 0.123. The molecule has 3 heterocycles. The lowest BCUT2D eigenvalue weighted by Gasteiger charge is -2.32. The van der Waals surface area contributed by atoms with Crippen molar-refractivity contribution < 1.29 is 13.2 Å². The third-order valence-corrected chi connectivity index (χ3v) is 8.40. The Hall–Kier alpha value is -2.38. The van der Waals surface area contributed by atoms with E-state index in [1.807, 2.05) is 35.4 Å². The summed E-state index contributed by atoms with van der Waals surface area (Å²) < 4.78 is 25.5. The Morgan fingerprint density at radius 2 is 1.91 bits per heavy atom. The molecule has 0 saturated heterocycles. The number of hydrogen-bond donors (Lipinski definition) is 0. The highest BCUT2D eigenvalue weighted by Crippen LogP contribution is 2.50. The molecular formula is C25H28ClN3O3S. The number of carbonyl (C=O) groups is 1. The molecule has 174 valence electrons. The first kappa shape index (κ1) is 22.4. The zero-order chi connectivity index (χ0) is 23.2. The average molecular weight is 486 g/mol. The fourth-order valence-electron chi connectivity index (χ4n) is 5.63. The molecule has 1 aliphatic heterocycles. The van der Waals surface area contributed by atoms with Crippen molar-refractivity contribution in [2.24, 2.45) is 0 Å². The number of fused-ring (bicyclic) bond motifs is 3. The molecule has 0 bridgehead atoms. The molecule has 1 aromatic carbocycles. The first-order valence-corrected chi connectivity index (χ1v) is 13.9. The number of aryl methyl sites for hydroxylation is 1. The third kappa shape index (κ3) is 4.06. The van der Waals surface area contributed by atoms with Gasteiger partial charge in [0.25, 0.3) is 0 Å². The van der Waals surface area contributed by atoms with Crippen LogP contribution in [-0.4, -0.2) is 35.9 Å². The van der Waals surface area contributed by atoms with Crippen LogP contribution < -0.4 is 4.90 Å². The molecule has 1 amide bonds. The van der Waals surface area contributed by atoms with E-state index in [1.165, 1.54) is 12.7 Å². The van der Waals surface area contributed by atoms with Crippen LogP contribution in [-0.2, 0) is 33.1 Å². The van der Waals surface area contributed by atoms with Gasteiger partial charge in [0.2, 0.25) is 5.91 Å². The molecule has 1 aliphatic carbocycles. The molecule has 2 aromatic heterocycles. The van der Waals surface area contributed by atoms with Gasteiger partial charge in [-0.3, -0.25) is 9.78 Å². The summed E-state index contributed by atoms with van der Waals surface area (Å²) in [5, 5.41) is 1.64. The SMILES string of the molecule is CS(=O)(=O)CCCn1c(CN2C(=O)C3(CCCCC3)c3ccncc32)cc2cc(Cl)ccc21. The molecule has 0 N–H and O–H groups in total. The van der Waals surface area contributed by atoms with Gasteiger partial charge in [0.1, 0.15) is 9.84 Å². The van der Waals surface area contributed by atoms with Crippen LogP contribution in [0.5, 0.6) is 0 Å². The van der Waals surface area contributed by atoms with Crippen LogP contribution >= 0.6 is 11.6 Å². The molecule has 1 spiro atoms. The van der Waals surface area contributed by atoms with Gasteiger partial charge >= 0.3 is 0 Å². The molecule has 5 rings (SSSR count). The first-order chi connectivity index (χ1) is 15.8. The van der Waals surface area contributed by atoms with E-state index in [4.69, 9.17) is 11.6 Å². The van der Waals surface area contributed by atoms with Crippen molar-refractivity contribution in [3.05, 3.63) is 59.0 Å². The monoisotopic (exact) mass is 485 g/mol. The zero-order valence-corrected chi connectivity index (χ0v) is 20.3. The van der Waals surface area contributed by atoms with Crippen molar-refractivity contribution in [2.75, 3.05) is 16.9 Å². The topological polar surface area (TPSA) is 72.3 Å². The molecule has 0 unspecified atom stereocenters. The van der Waals surface area contributed by atoms with E-state index >= 15 is 0 Å². The maximum Gasteiger partial charge on any atom is 0.238 e. The molecule has 8 heteroatoms. The minimum atomic E-state index is -3.05. The number of hydrogen-bond acceptors (Lipinski definition) is 4. The largest absolute Gasteiger partial charge is 0.343 e. The van der Waals surface area contributed by atoms with Gasteiger partial charge in [-0.05, 0) is 55.2 Å². The smallest absolute Gasteiger partial charge is 0.238 e. The van der Waals surface area contributed by atoms with Gasteiger partial charge in [-0.2, -0.15) is 0 Å². The molecule has 3 aromatic rings. The van der Waals surface area contributed by atoms with E-state index < -0.39 is 15.3 Å². The number of anilines is 1. The Morgan fingerprint density at radius 3 is 2.67 bits per heavy atom. The van der Waals surface area contributed by atoms with Crippen molar-refractivity contribution in [3.8, 4) is 0 Å². The predicted molar refractivity (Wildman–Crippen MR) is 131 cm³/mol. The number of carbonyl (C=O) groups excluding carboxylic acids is 1. The molecule has 33 heavy (non-hydrogen) atoms. The van der Waals surface area contributed by atoms with E-state index in [0.717, 1.165) is 53.5 Å². The Morgan fingerprint density at radius 1 is 1.12 bits per heavy atom. The summed E-state index contributed by atoms with van der Waals surface area (Å²) in [4.78, 5) is 20.1. The Kier molecular flexibility index (Phi) is 5.73. The van der Waals surface area contributed by atoms with Gasteiger partial charge in [0, 0.05) is 40.6 Å². The van der Waals surface area contributed by atoms with Crippen LogP contribution in [0.1, 0.15) is 49.8 Å². The van der Waals surface area contributed by atoms with E-state index in [2.05, 4.69) is 15.6 Å². The fraction of sp³-hybridized carbons (Fsp3) is 0.440. The van der Waals surface area contributed by atoms with Crippen LogP contribution in [0.25, 0.3) is 10.9 Å². The van der Waals surface area contributed by atoms with E-state index in [0.29, 0.717) is 24.5 Å².